The zero-order valence-electron chi connectivity index (χ0n) is 11.9. The molecular formula is C16H14ClN3O3. The number of benzene rings is 2. The maximum absolute atomic E-state index is 12.1. The molecule has 0 aliphatic rings. The monoisotopic (exact) mass is 331 g/mol. The number of rotatable bonds is 3. The van der Waals surface area contributed by atoms with Crippen LogP contribution in [0, 0.1) is 0 Å². The molecule has 0 fully saturated rings. The molecule has 118 valence electrons. The Morgan fingerprint density at radius 3 is 2.43 bits per heavy atom. The van der Waals surface area contributed by atoms with Crippen LogP contribution in [-0.2, 0) is 0 Å². The Morgan fingerprint density at radius 1 is 1.09 bits per heavy atom. The highest BCUT2D eigenvalue weighted by Gasteiger charge is 2.11. The average molecular weight is 332 g/mol. The first-order chi connectivity index (χ1) is 10.5. The Balaban J connectivity index is 0.00000192. The van der Waals surface area contributed by atoms with Gasteiger partial charge in [-0.05, 0) is 24.3 Å². The Bertz CT molecular complexity index is 923. The van der Waals surface area contributed by atoms with Gasteiger partial charge in [-0.3, -0.25) is 4.79 Å². The van der Waals surface area contributed by atoms with Crippen LogP contribution >= 0.6 is 12.4 Å². The highest BCUT2D eigenvalue weighted by atomic mass is 35.5. The van der Waals surface area contributed by atoms with Gasteiger partial charge in [-0.25, -0.2) is 4.79 Å². The molecule has 0 spiro atoms. The molecule has 0 radical (unpaired) electrons. The number of carbonyl (C=O) groups is 1. The third-order valence-electron chi connectivity index (χ3n) is 3.26. The molecule has 23 heavy (non-hydrogen) atoms. The van der Waals surface area contributed by atoms with Crippen LogP contribution in [0.5, 0.6) is 0 Å². The Kier molecular flexibility index (Phi) is 4.57. The molecule has 0 saturated heterocycles. The van der Waals surface area contributed by atoms with Crippen molar-refractivity contribution in [2.75, 3.05) is 11.1 Å². The second kappa shape index (κ2) is 6.41. The first kappa shape index (κ1) is 16.4. The summed E-state index contributed by atoms with van der Waals surface area (Å²) >= 11 is 0. The number of carboxylic acids is 1. The predicted molar refractivity (Wildman–Crippen MR) is 92.9 cm³/mol. The lowest BCUT2D eigenvalue weighted by atomic mass is 10.1. The van der Waals surface area contributed by atoms with E-state index in [1.165, 1.54) is 0 Å². The number of aromatic amines is 1. The van der Waals surface area contributed by atoms with E-state index < -0.39 is 11.4 Å². The second-order valence-corrected chi connectivity index (χ2v) is 4.83. The number of hydrogen-bond donors (Lipinski definition) is 4. The van der Waals surface area contributed by atoms with Crippen LogP contribution in [0.25, 0.3) is 10.9 Å². The predicted octanol–water partition coefficient (Wildman–Crippen LogP) is 2.97. The zero-order chi connectivity index (χ0) is 15.7. The Morgan fingerprint density at radius 2 is 1.78 bits per heavy atom. The van der Waals surface area contributed by atoms with Crippen molar-refractivity contribution in [1.29, 1.82) is 0 Å². The third-order valence-corrected chi connectivity index (χ3v) is 3.26. The highest BCUT2D eigenvalue weighted by Crippen LogP contribution is 2.25. The number of pyridine rings is 1. The van der Waals surface area contributed by atoms with Gasteiger partial charge in [0.25, 0.3) is 0 Å². The number of anilines is 3. The largest absolute Gasteiger partial charge is 0.477 e. The van der Waals surface area contributed by atoms with Crippen molar-refractivity contribution in [3.8, 4) is 0 Å². The molecule has 0 aliphatic carbocycles. The van der Waals surface area contributed by atoms with Gasteiger partial charge in [-0.15, -0.1) is 12.4 Å². The number of nitrogen functional groups attached to an aromatic ring is 1. The molecule has 2 aromatic carbocycles. The van der Waals surface area contributed by atoms with Crippen LogP contribution in [-0.4, -0.2) is 16.1 Å². The summed E-state index contributed by atoms with van der Waals surface area (Å²) in [4.78, 5) is 25.8. The van der Waals surface area contributed by atoms with Gasteiger partial charge in [-0.1, -0.05) is 18.2 Å². The number of para-hydroxylation sites is 1. The molecule has 7 heteroatoms. The first-order valence-electron chi connectivity index (χ1n) is 6.56. The fraction of sp³-hybridized carbons (Fsp3) is 0. The zero-order valence-corrected chi connectivity index (χ0v) is 12.7. The van der Waals surface area contributed by atoms with E-state index in [1.54, 1.807) is 12.1 Å². The van der Waals surface area contributed by atoms with Gasteiger partial charge < -0.3 is 21.1 Å². The smallest absolute Gasteiger partial charge is 0.352 e. The molecule has 0 bridgehead atoms. The number of aromatic carboxylic acids is 1. The molecule has 3 rings (SSSR count). The topological polar surface area (TPSA) is 108 Å². The highest BCUT2D eigenvalue weighted by molar-refractivity contribution is 5.96. The number of aromatic nitrogens is 1. The molecule has 5 N–H and O–H groups in total. The average Bonchev–Trinajstić information content (AvgIpc) is 2.49. The summed E-state index contributed by atoms with van der Waals surface area (Å²) in [7, 11) is 0. The number of halogens is 1. The second-order valence-electron chi connectivity index (χ2n) is 4.83. The molecule has 3 aromatic rings. The van der Waals surface area contributed by atoms with Crippen molar-refractivity contribution >= 4 is 46.3 Å². The molecule has 0 atom stereocenters. The fourth-order valence-corrected chi connectivity index (χ4v) is 2.25. The Hall–Kier alpha value is -2.99. The molecule has 0 amide bonds. The van der Waals surface area contributed by atoms with Gasteiger partial charge in [0.05, 0.1) is 11.2 Å². The third kappa shape index (κ3) is 3.27. The van der Waals surface area contributed by atoms with E-state index in [0.29, 0.717) is 22.3 Å². The summed E-state index contributed by atoms with van der Waals surface area (Å²) in [6.45, 7) is 0. The summed E-state index contributed by atoms with van der Waals surface area (Å²) in [6.07, 6.45) is 0. The van der Waals surface area contributed by atoms with Gasteiger partial charge in [0, 0.05) is 22.8 Å². The lowest BCUT2D eigenvalue weighted by Crippen LogP contribution is -2.11. The molecule has 1 aromatic heterocycles. The van der Waals surface area contributed by atoms with E-state index in [4.69, 9.17) is 10.8 Å². The quantitative estimate of drug-likeness (QED) is 0.552. The molecule has 6 nitrogen and oxygen atoms in total. The van der Waals surface area contributed by atoms with Crippen molar-refractivity contribution in [2.45, 2.75) is 0 Å². The summed E-state index contributed by atoms with van der Waals surface area (Å²) in [6, 6.07) is 13.8. The van der Waals surface area contributed by atoms with E-state index in [0.717, 1.165) is 11.8 Å². The minimum Gasteiger partial charge on any atom is -0.477 e. The summed E-state index contributed by atoms with van der Waals surface area (Å²) in [5.74, 6) is -1.20. The van der Waals surface area contributed by atoms with E-state index in [1.807, 2.05) is 30.3 Å². The number of fused-ring (bicyclic) bond motifs is 1. The number of nitrogens with two attached hydrogens (primary N) is 1. The van der Waals surface area contributed by atoms with E-state index in [-0.39, 0.29) is 18.1 Å². The van der Waals surface area contributed by atoms with Crippen molar-refractivity contribution in [3.63, 3.8) is 0 Å². The van der Waals surface area contributed by atoms with Crippen LogP contribution in [0.15, 0.2) is 53.3 Å². The molecule has 0 aliphatic heterocycles. The Labute approximate surface area is 137 Å². The van der Waals surface area contributed by atoms with E-state index in [2.05, 4.69) is 10.3 Å². The van der Waals surface area contributed by atoms with Gasteiger partial charge in [0.1, 0.15) is 5.69 Å². The standard InChI is InChI=1S/C16H13N3O3.ClH/c17-12-7-10(18-9-4-2-1-3-5-9)6-11-14(20)8-13(16(21)22)19-15(11)12;/h1-8,18H,17H2,(H,19,20)(H,21,22);1H. The lowest BCUT2D eigenvalue weighted by Gasteiger charge is -2.10. The lowest BCUT2D eigenvalue weighted by molar-refractivity contribution is 0.0691. The van der Waals surface area contributed by atoms with Gasteiger partial charge in [0.15, 0.2) is 5.43 Å². The molecule has 0 saturated carbocycles. The van der Waals surface area contributed by atoms with Gasteiger partial charge >= 0.3 is 5.97 Å². The van der Waals surface area contributed by atoms with Crippen LogP contribution < -0.4 is 16.5 Å². The fourth-order valence-electron chi connectivity index (χ4n) is 2.25. The van der Waals surface area contributed by atoms with Crippen molar-refractivity contribution in [1.82, 2.24) is 4.98 Å². The van der Waals surface area contributed by atoms with Crippen LogP contribution in [0.1, 0.15) is 10.5 Å². The van der Waals surface area contributed by atoms with Crippen LogP contribution in [0.4, 0.5) is 17.1 Å². The molecule has 1 heterocycles. The number of hydrogen-bond acceptors (Lipinski definition) is 4. The van der Waals surface area contributed by atoms with Gasteiger partial charge in [-0.2, -0.15) is 0 Å². The molecule has 0 unspecified atom stereocenters. The van der Waals surface area contributed by atoms with Crippen LogP contribution in [0.2, 0.25) is 0 Å². The van der Waals surface area contributed by atoms with E-state index in [9.17, 15) is 9.59 Å². The van der Waals surface area contributed by atoms with E-state index >= 15 is 0 Å². The van der Waals surface area contributed by atoms with Crippen molar-refractivity contribution < 1.29 is 9.90 Å². The minimum absolute atomic E-state index is 0. The number of nitrogens with one attached hydrogen (secondary N) is 2. The summed E-state index contributed by atoms with van der Waals surface area (Å²) in [5.41, 5.74) is 7.51. The summed E-state index contributed by atoms with van der Waals surface area (Å²) < 4.78 is 0. The maximum Gasteiger partial charge on any atom is 0.352 e. The number of carboxylic acid groups (broad SMARTS) is 1. The van der Waals surface area contributed by atoms with Gasteiger partial charge in [0.2, 0.25) is 0 Å². The maximum atomic E-state index is 12.1. The summed E-state index contributed by atoms with van der Waals surface area (Å²) in [5, 5.41) is 12.5. The van der Waals surface area contributed by atoms with Crippen molar-refractivity contribution in [3.05, 3.63) is 64.4 Å². The number of H-pyrrole nitrogens is 1. The first-order valence-corrected chi connectivity index (χ1v) is 6.56. The van der Waals surface area contributed by atoms with Crippen LogP contribution in [0.3, 0.4) is 0 Å². The normalized spacial score (nSPS) is 10.1. The molecular weight excluding hydrogens is 318 g/mol. The SMILES string of the molecule is Cl.Nc1cc(Nc2ccccc2)cc2c(=O)cc(C(=O)O)[nH]c12. The minimum atomic E-state index is -1.20. The van der Waals surface area contributed by atoms with Crippen molar-refractivity contribution in [2.24, 2.45) is 0 Å².